The Hall–Kier alpha value is -3.49. The van der Waals surface area contributed by atoms with E-state index in [-0.39, 0.29) is 5.75 Å². The molecule has 0 amide bonds. The number of benzene rings is 5. The van der Waals surface area contributed by atoms with Crippen LogP contribution in [0.4, 0.5) is 0 Å². The Balaban J connectivity index is 1.62. The second-order valence-corrected chi connectivity index (χ2v) is 10.7. The van der Waals surface area contributed by atoms with Crippen LogP contribution in [0.5, 0.6) is 11.5 Å². The molecule has 0 bridgehead atoms. The summed E-state index contributed by atoms with van der Waals surface area (Å²) in [5.41, 5.74) is 3.47. The van der Waals surface area contributed by atoms with E-state index < -0.39 is 13.4 Å². The summed E-state index contributed by atoms with van der Waals surface area (Å²) in [6.07, 6.45) is 0. The molecular formula is C31H23Cl2O3P. The average molecular weight is 545 g/mol. The van der Waals surface area contributed by atoms with Crippen molar-refractivity contribution in [2.75, 3.05) is 0 Å². The number of hydrogen-bond donors (Lipinski definition) is 1. The molecule has 5 aromatic rings. The molecule has 37 heavy (non-hydrogen) atoms. The van der Waals surface area contributed by atoms with E-state index in [0.29, 0.717) is 21.1 Å². The summed E-state index contributed by atoms with van der Waals surface area (Å²) in [6, 6.07) is 40.2. The van der Waals surface area contributed by atoms with Crippen LogP contribution in [0.25, 0.3) is 0 Å². The van der Waals surface area contributed by atoms with Gasteiger partial charge in [0.05, 0.1) is 15.7 Å². The second kappa shape index (κ2) is 10.9. The van der Waals surface area contributed by atoms with Crippen LogP contribution in [0.2, 0.25) is 10.0 Å². The van der Waals surface area contributed by atoms with Crippen molar-refractivity contribution in [1.82, 2.24) is 0 Å². The lowest BCUT2D eigenvalue weighted by Gasteiger charge is -2.37. The van der Waals surface area contributed by atoms with Crippen molar-refractivity contribution >= 4 is 36.5 Å². The average Bonchev–Trinajstić information content (AvgIpc) is 2.92. The third-order valence-corrected chi connectivity index (χ3v) is 8.37. The summed E-state index contributed by atoms with van der Waals surface area (Å²) >= 11 is 12.2. The highest BCUT2D eigenvalue weighted by Crippen LogP contribution is 2.46. The highest BCUT2D eigenvalue weighted by molar-refractivity contribution is 7.49. The molecule has 0 radical (unpaired) electrons. The Kier molecular flexibility index (Phi) is 7.39. The lowest BCUT2D eigenvalue weighted by Crippen LogP contribution is -2.30. The van der Waals surface area contributed by atoms with Gasteiger partial charge in [-0.3, -0.25) is 4.57 Å². The van der Waals surface area contributed by atoms with E-state index in [1.54, 1.807) is 30.3 Å². The van der Waals surface area contributed by atoms with Gasteiger partial charge in [-0.15, -0.1) is 0 Å². The van der Waals surface area contributed by atoms with Gasteiger partial charge in [-0.1, -0.05) is 108 Å². The number of hydrogen-bond acceptors (Lipinski definition) is 3. The van der Waals surface area contributed by atoms with Crippen LogP contribution < -0.4 is 9.83 Å². The van der Waals surface area contributed by atoms with Crippen LogP contribution in [0.15, 0.2) is 127 Å². The van der Waals surface area contributed by atoms with Gasteiger partial charge in [0.2, 0.25) is 0 Å². The SMILES string of the molecule is O=[PH](Oc1ccc(C(c2ccccc2)(c2ccccc2)c2ccc(O)cc2)cc1)c1ccc(Cl)cc1Cl. The summed E-state index contributed by atoms with van der Waals surface area (Å²) in [7, 11) is -2.64. The van der Waals surface area contributed by atoms with Crippen LogP contribution >= 0.6 is 31.2 Å². The molecule has 0 saturated heterocycles. The Morgan fingerprint density at radius 1 is 0.622 bits per heavy atom. The van der Waals surface area contributed by atoms with Crippen LogP contribution in [0, 0.1) is 0 Å². The number of rotatable bonds is 7. The summed E-state index contributed by atoms with van der Waals surface area (Å²) in [6.45, 7) is 0. The van der Waals surface area contributed by atoms with Gasteiger partial charge in [-0.05, 0) is 64.7 Å². The number of phenolic OH excluding ortho intramolecular Hbond substituents is 1. The van der Waals surface area contributed by atoms with Crippen LogP contribution in [0.3, 0.4) is 0 Å². The zero-order chi connectivity index (χ0) is 25.8. The van der Waals surface area contributed by atoms with Crippen molar-refractivity contribution in [3.05, 3.63) is 160 Å². The molecule has 0 fully saturated rings. The second-order valence-electron chi connectivity index (χ2n) is 8.57. The van der Waals surface area contributed by atoms with E-state index in [1.165, 1.54) is 0 Å². The first-order chi connectivity index (χ1) is 18.0. The molecule has 1 atom stereocenters. The molecule has 5 aromatic carbocycles. The number of halogens is 2. The first kappa shape index (κ1) is 25.2. The summed E-state index contributed by atoms with van der Waals surface area (Å²) in [4.78, 5) is 0. The fourth-order valence-electron chi connectivity index (χ4n) is 4.68. The quantitative estimate of drug-likeness (QED) is 0.165. The smallest absolute Gasteiger partial charge is 0.267 e. The molecular weight excluding hydrogens is 522 g/mol. The summed E-state index contributed by atoms with van der Waals surface area (Å²) < 4.78 is 18.7. The predicted molar refractivity (Wildman–Crippen MR) is 152 cm³/mol. The molecule has 0 saturated carbocycles. The van der Waals surface area contributed by atoms with Gasteiger partial charge < -0.3 is 9.63 Å². The number of phenols is 1. The van der Waals surface area contributed by atoms with Crippen molar-refractivity contribution in [3.63, 3.8) is 0 Å². The molecule has 0 aliphatic rings. The molecule has 0 spiro atoms. The van der Waals surface area contributed by atoms with E-state index in [0.717, 1.165) is 22.3 Å². The number of aromatic hydroxyl groups is 1. The lowest BCUT2D eigenvalue weighted by atomic mass is 9.65. The van der Waals surface area contributed by atoms with Crippen LogP contribution in [-0.2, 0) is 9.98 Å². The molecule has 1 unspecified atom stereocenters. The fraction of sp³-hybridized carbons (Fsp3) is 0.0323. The highest BCUT2D eigenvalue weighted by Gasteiger charge is 2.38. The molecule has 3 nitrogen and oxygen atoms in total. The van der Waals surface area contributed by atoms with E-state index in [2.05, 4.69) is 24.3 Å². The van der Waals surface area contributed by atoms with Gasteiger partial charge in [0.15, 0.2) is 0 Å². The summed E-state index contributed by atoms with van der Waals surface area (Å²) in [5, 5.41) is 11.2. The highest BCUT2D eigenvalue weighted by atomic mass is 35.5. The van der Waals surface area contributed by atoms with Crippen LogP contribution in [-0.4, -0.2) is 5.11 Å². The largest absolute Gasteiger partial charge is 0.508 e. The van der Waals surface area contributed by atoms with E-state index in [4.69, 9.17) is 27.7 Å². The minimum atomic E-state index is -2.64. The van der Waals surface area contributed by atoms with Gasteiger partial charge in [-0.2, -0.15) is 0 Å². The van der Waals surface area contributed by atoms with Crippen molar-refractivity contribution < 1.29 is 14.2 Å². The van der Waals surface area contributed by atoms with Gasteiger partial charge in [-0.25, -0.2) is 0 Å². The Morgan fingerprint density at radius 2 is 1.11 bits per heavy atom. The maximum absolute atomic E-state index is 12.9. The minimum Gasteiger partial charge on any atom is -0.508 e. The standard InChI is InChI=1S/C31H23Cl2O3P/c32-26-15-20-30(29(33)21-26)37(35)36-28-18-13-25(14-19-28)31(22-7-3-1-4-8-22,23-9-5-2-6-10-23)24-11-16-27(34)17-12-24/h1-21,34,37H. The zero-order valence-electron chi connectivity index (χ0n) is 19.6. The fourth-order valence-corrected chi connectivity index (χ4v) is 6.26. The van der Waals surface area contributed by atoms with Gasteiger partial charge in [0.1, 0.15) is 11.5 Å². The van der Waals surface area contributed by atoms with E-state index in [9.17, 15) is 9.67 Å². The third-order valence-electron chi connectivity index (χ3n) is 6.36. The molecule has 0 aliphatic heterocycles. The van der Waals surface area contributed by atoms with Crippen molar-refractivity contribution in [2.45, 2.75) is 5.41 Å². The minimum absolute atomic E-state index is 0.202. The maximum atomic E-state index is 12.9. The monoisotopic (exact) mass is 544 g/mol. The molecule has 0 heterocycles. The van der Waals surface area contributed by atoms with Crippen molar-refractivity contribution in [1.29, 1.82) is 0 Å². The molecule has 184 valence electrons. The van der Waals surface area contributed by atoms with Gasteiger partial charge in [0, 0.05) is 5.02 Å². The van der Waals surface area contributed by atoms with Crippen molar-refractivity contribution in [3.8, 4) is 11.5 Å². The Labute approximate surface area is 226 Å². The molecule has 0 aromatic heterocycles. The first-order valence-corrected chi connectivity index (χ1v) is 13.7. The van der Waals surface area contributed by atoms with E-state index >= 15 is 0 Å². The van der Waals surface area contributed by atoms with Crippen molar-refractivity contribution in [2.24, 2.45) is 0 Å². The normalized spacial score (nSPS) is 12.2. The summed E-state index contributed by atoms with van der Waals surface area (Å²) in [5.74, 6) is 0.674. The molecule has 1 N–H and O–H groups in total. The maximum Gasteiger partial charge on any atom is 0.267 e. The van der Waals surface area contributed by atoms with E-state index in [1.807, 2.05) is 72.8 Å². The zero-order valence-corrected chi connectivity index (χ0v) is 22.2. The molecule has 0 aliphatic carbocycles. The van der Waals surface area contributed by atoms with Gasteiger partial charge in [0.25, 0.3) is 8.03 Å². The molecule has 6 heteroatoms. The predicted octanol–water partition coefficient (Wildman–Crippen LogP) is 8.26. The third kappa shape index (κ3) is 5.04. The molecule has 5 rings (SSSR count). The first-order valence-electron chi connectivity index (χ1n) is 11.7. The lowest BCUT2D eigenvalue weighted by molar-refractivity contribution is 0.475. The Bertz CT molecular complexity index is 1480. The topological polar surface area (TPSA) is 46.5 Å². The Morgan fingerprint density at radius 3 is 1.62 bits per heavy atom. The van der Waals surface area contributed by atoms with Gasteiger partial charge >= 0.3 is 0 Å². The van der Waals surface area contributed by atoms with Crippen LogP contribution in [0.1, 0.15) is 22.3 Å².